The molecule has 4 heterocycles. The summed E-state index contributed by atoms with van der Waals surface area (Å²) >= 11 is 1.58. The molecule has 118 valence electrons. The van der Waals surface area contributed by atoms with Gasteiger partial charge in [0.15, 0.2) is 5.82 Å². The number of rotatable bonds is 4. The summed E-state index contributed by atoms with van der Waals surface area (Å²) in [7, 11) is 0. The summed E-state index contributed by atoms with van der Waals surface area (Å²) in [4.78, 5) is 14.2. The molecular weight excluding hydrogens is 312 g/mol. The first-order chi connectivity index (χ1) is 11.4. The molecule has 0 radical (unpaired) electrons. The minimum Gasteiger partial charge on any atom is -0.362 e. The van der Waals surface area contributed by atoms with E-state index in [4.69, 9.17) is 4.52 Å². The number of anilines is 1. The molecule has 0 aliphatic carbocycles. The van der Waals surface area contributed by atoms with Gasteiger partial charge in [-0.2, -0.15) is 4.98 Å². The maximum atomic E-state index is 5.30. The van der Waals surface area contributed by atoms with Gasteiger partial charge in [0, 0.05) is 18.5 Å². The Balaban J connectivity index is 1.49. The van der Waals surface area contributed by atoms with E-state index in [9.17, 15) is 0 Å². The summed E-state index contributed by atoms with van der Waals surface area (Å²) in [6, 6.07) is 3.93. The number of nitrogens with zero attached hydrogens (tertiary/aromatic N) is 4. The third-order valence-electron chi connectivity index (χ3n) is 3.74. The van der Waals surface area contributed by atoms with Gasteiger partial charge in [0.1, 0.15) is 12.1 Å². The standard InChI is InChI=1S/C15H16N6OS/c1-2-12(23-7-1)15-20-13(21-22-15)8-17-14-10-3-5-16-6-4-11(10)18-9-19-14/h1-2,7,9,16H,3-6,8H2,(H,17,18,19). The smallest absolute Gasteiger partial charge is 0.268 e. The fourth-order valence-corrected chi connectivity index (χ4v) is 3.26. The lowest BCUT2D eigenvalue weighted by Crippen LogP contribution is -2.16. The minimum atomic E-state index is 0.478. The fraction of sp³-hybridized carbons (Fsp3) is 0.333. The second-order valence-corrected chi connectivity index (χ2v) is 6.19. The summed E-state index contributed by atoms with van der Waals surface area (Å²) < 4.78 is 5.30. The van der Waals surface area contributed by atoms with Crippen molar-refractivity contribution in [1.29, 1.82) is 0 Å². The van der Waals surface area contributed by atoms with Crippen LogP contribution in [-0.2, 0) is 19.4 Å². The van der Waals surface area contributed by atoms with Crippen LogP contribution in [0.3, 0.4) is 0 Å². The molecule has 23 heavy (non-hydrogen) atoms. The van der Waals surface area contributed by atoms with Crippen LogP contribution >= 0.6 is 11.3 Å². The molecule has 1 aliphatic heterocycles. The van der Waals surface area contributed by atoms with Crippen molar-refractivity contribution < 1.29 is 4.52 Å². The fourth-order valence-electron chi connectivity index (χ4n) is 2.61. The van der Waals surface area contributed by atoms with Gasteiger partial charge in [-0.05, 0) is 24.4 Å². The first kappa shape index (κ1) is 14.3. The van der Waals surface area contributed by atoms with Crippen LogP contribution in [-0.4, -0.2) is 33.2 Å². The first-order valence-electron chi connectivity index (χ1n) is 7.54. The third kappa shape index (κ3) is 3.08. The monoisotopic (exact) mass is 328 g/mol. The van der Waals surface area contributed by atoms with Crippen LogP contribution in [0.25, 0.3) is 10.8 Å². The molecule has 0 unspecified atom stereocenters. The van der Waals surface area contributed by atoms with Crippen molar-refractivity contribution in [2.24, 2.45) is 0 Å². The largest absolute Gasteiger partial charge is 0.362 e. The molecule has 1 aliphatic rings. The van der Waals surface area contributed by atoms with Crippen molar-refractivity contribution >= 4 is 17.2 Å². The second-order valence-electron chi connectivity index (χ2n) is 5.24. The molecule has 0 spiro atoms. The molecule has 0 bridgehead atoms. The molecule has 8 heteroatoms. The van der Waals surface area contributed by atoms with Gasteiger partial charge in [0.05, 0.1) is 17.1 Å². The Hall–Kier alpha value is -2.32. The molecule has 0 saturated heterocycles. The van der Waals surface area contributed by atoms with Gasteiger partial charge in [-0.1, -0.05) is 11.2 Å². The zero-order chi connectivity index (χ0) is 15.5. The molecule has 2 N–H and O–H groups in total. The SMILES string of the molecule is c1csc(-c2nc(CNc3ncnc4c3CCNCC4)no2)c1. The lowest BCUT2D eigenvalue weighted by Gasteiger charge is -2.10. The van der Waals surface area contributed by atoms with Gasteiger partial charge in [0.25, 0.3) is 5.89 Å². The third-order valence-corrected chi connectivity index (χ3v) is 4.60. The highest BCUT2D eigenvalue weighted by Gasteiger charge is 2.15. The normalized spacial score (nSPS) is 14.3. The van der Waals surface area contributed by atoms with E-state index >= 15 is 0 Å². The van der Waals surface area contributed by atoms with E-state index in [2.05, 4.69) is 30.7 Å². The number of hydrogen-bond donors (Lipinski definition) is 2. The highest BCUT2D eigenvalue weighted by Crippen LogP contribution is 2.23. The van der Waals surface area contributed by atoms with Gasteiger partial charge in [-0.15, -0.1) is 11.3 Å². The predicted molar refractivity (Wildman–Crippen MR) is 87.2 cm³/mol. The summed E-state index contributed by atoms with van der Waals surface area (Å²) in [6.45, 7) is 2.38. The summed E-state index contributed by atoms with van der Waals surface area (Å²) in [5.41, 5.74) is 2.29. The maximum absolute atomic E-state index is 5.30. The van der Waals surface area contributed by atoms with E-state index in [1.54, 1.807) is 17.7 Å². The van der Waals surface area contributed by atoms with E-state index < -0.39 is 0 Å². The maximum Gasteiger partial charge on any atom is 0.268 e. The van der Waals surface area contributed by atoms with Crippen LogP contribution in [0.5, 0.6) is 0 Å². The molecule has 4 rings (SSSR count). The number of thiophene rings is 1. The lowest BCUT2D eigenvalue weighted by atomic mass is 10.1. The highest BCUT2D eigenvalue weighted by atomic mass is 32.1. The Morgan fingerprint density at radius 3 is 3.13 bits per heavy atom. The lowest BCUT2D eigenvalue weighted by molar-refractivity contribution is 0.424. The molecule has 3 aromatic heterocycles. The van der Waals surface area contributed by atoms with Crippen molar-refractivity contribution in [1.82, 2.24) is 25.4 Å². The van der Waals surface area contributed by atoms with Gasteiger partial charge in [-0.25, -0.2) is 9.97 Å². The summed E-state index contributed by atoms with van der Waals surface area (Å²) in [5.74, 6) is 2.04. The number of nitrogens with one attached hydrogen (secondary N) is 2. The Kier molecular flexibility index (Phi) is 3.99. The molecule has 0 amide bonds. The van der Waals surface area contributed by atoms with Crippen molar-refractivity contribution in [3.63, 3.8) is 0 Å². The average molecular weight is 328 g/mol. The predicted octanol–water partition coefficient (Wildman–Crippen LogP) is 1.89. The van der Waals surface area contributed by atoms with Crippen molar-refractivity contribution in [2.45, 2.75) is 19.4 Å². The van der Waals surface area contributed by atoms with Crippen molar-refractivity contribution in [2.75, 3.05) is 18.4 Å². The highest BCUT2D eigenvalue weighted by molar-refractivity contribution is 7.13. The van der Waals surface area contributed by atoms with Gasteiger partial charge in [-0.3, -0.25) is 0 Å². The first-order valence-corrected chi connectivity index (χ1v) is 8.42. The summed E-state index contributed by atoms with van der Waals surface area (Å²) in [6.07, 6.45) is 3.46. The van der Waals surface area contributed by atoms with E-state index in [1.807, 2.05) is 17.5 Å². The molecular formula is C15H16N6OS. The zero-order valence-electron chi connectivity index (χ0n) is 12.5. The molecule has 0 fully saturated rings. The second kappa shape index (κ2) is 6.43. The number of aromatic nitrogens is 4. The van der Waals surface area contributed by atoms with Crippen LogP contribution in [0.2, 0.25) is 0 Å². The van der Waals surface area contributed by atoms with Crippen LogP contribution in [0.1, 0.15) is 17.1 Å². The van der Waals surface area contributed by atoms with Crippen LogP contribution < -0.4 is 10.6 Å². The molecule has 0 aromatic carbocycles. The van der Waals surface area contributed by atoms with Crippen LogP contribution in [0, 0.1) is 0 Å². The molecule has 0 saturated carbocycles. The average Bonchev–Trinajstić information content (AvgIpc) is 3.20. The van der Waals surface area contributed by atoms with Gasteiger partial charge >= 0.3 is 0 Å². The zero-order valence-corrected chi connectivity index (χ0v) is 13.3. The summed E-state index contributed by atoms with van der Waals surface area (Å²) in [5, 5.41) is 12.7. The van der Waals surface area contributed by atoms with Crippen molar-refractivity contribution in [3.05, 3.63) is 40.9 Å². The topological polar surface area (TPSA) is 88.8 Å². The van der Waals surface area contributed by atoms with Crippen LogP contribution in [0.15, 0.2) is 28.4 Å². The van der Waals surface area contributed by atoms with Gasteiger partial charge in [0.2, 0.25) is 0 Å². The van der Waals surface area contributed by atoms with E-state index in [0.717, 1.165) is 42.3 Å². The Bertz CT molecular complexity index is 785. The Morgan fingerprint density at radius 1 is 1.26 bits per heavy atom. The Labute approximate surface area is 137 Å². The van der Waals surface area contributed by atoms with E-state index in [1.165, 1.54) is 5.56 Å². The van der Waals surface area contributed by atoms with Crippen LogP contribution in [0.4, 0.5) is 5.82 Å². The molecule has 7 nitrogen and oxygen atoms in total. The minimum absolute atomic E-state index is 0.478. The van der Waals surface area contributed by atoms with Crippen molar-refractivity contribution in [3.8, 4) is 10.8 Å². The van der Waals surface area contributed by atoms with E-state index in [0.29, 0.717) is 18.3 Å². The van der Waals surface area contributed by atoms with E-state index in [-0.39, 0.29) is 0 Å². The number of fused-ring (bicyclic) bond motifs is 1. The molecule has 3 aromatic rings. The number of hydrogen-bond acceptors (Lipinski definition) is 8. The van der Waals surface area contributed by atoms with Gasteiger partial charge < -0.3 is 15.2 Å². The quantitative estimate of drug-likeness (QED) is 0.756. The Morgan fingerprint density at radius 2 is 2.22 bits per heavy atom. The molecule has 0 atom stereocenters.